The number of amides is 2. The van der Waals surface area contributed by atoms with Crippen molar-refractivity contribution in [3.8, 4) is 11.3 Å². The number of nitrogens with one attached hydrogen (secondary N) is 2. The molecule has 0 unspecified atom stereocenters. The number of hydrogen-bond donors (Lipinski definition) is 3. The number of rotatable bonds is 5. The Kier molecular flexibility index (Phi) is 6.58. The molecule has 0 spiro atoms. The van der Waals surface area contributed by atoms with Gasteiger partial charge in [-0.2, -0.15) is 8.42 Å². The van der Waals surface area contributed by atoms with Crippen molar-refractivity contribution in [2.24, 2.45) is 0 Å². The zero-order valence-electron chi connectivity index (χ0n) is 19.3. The molecule has 1 aliphatic rings. The number of nitrogens with zero attached hydrogens (tertiary/aromatic N) is 3. The van der Waals surface area contributed by atoms with Gasteiger partial charge in [0.15, 0.2) is 5.82 Å². The largest absolute Gasteiger partial charge is 0.465 e. The lowest BCUT2D eigenvalue weighted by atomic mass is 10.0. The third kappa shape index (κ3) is 4.56. The molecule has 0 fully saturated rings. The van der Waals surface area contributed by atoms with Gasteiger partial charge in [0.1, 0.15) is 5.82 Å². The van der Waals surface area contributed by atoms with Gasteiger partial charge in [-0.05, 0) is 42.7 Å². The van der Waals surface area contributed by atoms with Crippen molar-refractivity contribution in [2.75, 3.05) is 4.31 Å². The van der Waals surface area contributed by atoms with Crippen LogP contribution in [0.5, 0.6) is 0 Å². The van der Waals surface area contributed by atoms with Crippen LogP contribution in [0.1, 0.15) is 47.1 Å². The van der Waals surface area contributed by atoms with Crippen LogP contribution >= 0.6 is 11.6 Å². The van der Waals surface area contributed by atoms with Crippen molar-refractivity contribution in [3.05, 3.63) is 69.8 Å². The number of halogens is 2. The Morgan fingerprint density at radius 1 is 1.22 bits per heavy atom. The standard InChI is InChI=1S/C23H21ClFN5O5S/c1-11(2)18-20(12(3)8-13(27-18)10-26-23(32)33)30-21-15(22(31)29-36(30,34)35)9-16(24)19(28-21)14-6-4-5-7-17(14)25/h4-9,11,26H,10H2,1-3H3,(H,29,31)(H,32,33). The van der Waals surface area contributed by atoms with Crippen LogP contribution in [0, 0.1) is 12.7 Å². The molecule has 2 aromatic heterocycles. The van der Waals surface area contributed by atoms with Crippen molar-refractivity contribution in [1.29, 1.82) is 0 Å². The van der Waals surface area contributed by atoms with Gasteiger partial charge in [-0.1, -0.05) is 37.6 Å². The normalized spacial score (nSPS) is 14.4. The number of aryl methyl sites for hydroxylation is 1. The van der Waals surface area contributed by atoms with Crippen LogP contribution in [-0.2, 0) is 16.8 Å². The summed E-state index contributed by atoms with van der Waals surface area (Å²) >= 11 is 6.35. The number of benzene rings is 1. The minimum absolute atomic E-state index is 0.0302. The Hall–Kier alpha value is -3.77. The van der Waals surface area contributed by atoms with E-state index in [-0.39, 0.29) is 45.8 Å². The summed E-state index contributed by atoms with van der Waals surface area (Å²) in [6.45, 7) is 5.11. The van der Waals surface area contributed by atoms with Gasteiger partial charge in [0.25, 0.3) is 5.91 Å². The van der Waals surface area contributed by atoms with Gasteiger partial charge in [-0.15, -0.1) is 0 Å². The van der Waals surface area contributed by atoms with Gasteiger partial charge in [-0.3, -0.25) is 9.78 Å². The maximum atomic E-state index is 14.6. The van der Waals surface area contributed by atoms with Crippen molar-refractivity contribution in [2.45, 2.75) is 33.2 Å². The number of aromatic nitrogens is 2. The molecule has 1 aromatic carbocycles. The third-order valence-electron chi connectivity index (χ3n) is 5.42. The van der Waals surface area contributed by atoms with Crippen LogP contribution < -0.4 is 14.3 Å². The Balaban J connectivity index is 2.00. The van der Waals surface area contributed by atoms with E-state index in [2.05, 4.69) is 15.3 Å². The molecule has 10 nitrogen and oxygen atoms in total. The van der Waals surface area contributed by atoms with E-state index in [4.69, 9.17) is 16.7 Å². The highest BCUT2D eigenvalue weighted by Gasteiger charge is 2.40. The SMILES string of the molecule is Cc1cc(CNC(=O)O)nc(C(C)C)c1N1c2nc(-c3ccccc3F)c(Cl)cc2C(=O)NS1(=O)=O. The third-order valence-corrected chi connectivity index (χ3v) is 6.99. The molecule has 3 N–H and O–H groups in total. The van der Waals surface area contributed by atoms with E-state index >= 15 is 0 Å². The lowest BCUT2D eigenvalue weighted by Gasteiger charge is -2.32. The molecule has 0 saturated heterocycles. The van der Waals surface area contributed by atoms with Crippen LogP contribution in [-0.4, -0.2) is 35.5 Å². The van der Waals surface area contributed by atoms with Crippen LogP contribution in [0.25, 0.3) is 11.3 Å². The predicted molar refractivity (Wildman–Crippen MR) is 131 cm³/mol. The summed E-state index contributed by atoms with van der Waals surface area (Å²) in [6, 6.07) is 8.49. The Morgan fingerprint density at radius 2 is 1.92 bits per heavy atom. The summed E-state index contributed by atoms with van der Waals surface area (Å²) in [4.78, 5) is 32.5. The average molecular weight is 534 g/mol. The molecule has 1 aliphatic heterocycles. The monoisotopic (exact) mass is 533 g/mol. The molecule has 2 amide bonds. The first-order chi connectivity index (χ1) is 16.9. The molecule has 0 aliphatic carbocycles. The van der Waals surface area contributed by atoms with E-state index in [0.29, 0.717) is 17.0 Å². The maximum absolute atomic E-state index is 14.6. The lowest BCUT2D eigenvalue weighted by molar-refractivity contribution is 0.0979. The van der Waals surface area contributed by atoms with Crippen molar-refractivity contribution < 1.29 is 27.5 Å². The van der Waals surface area contributed by atoms with Crippen molar-refractivity contribution in [3.63, 3.8) is 0 Å². The molecule has 3 aromatic rings. The predicted octanol–water partition coefficient (Wildman–Crippen LogP) is 4.26. The fourth-order valence-corrected chi connectivity index (χ4v) is 5.42. The fourth-order valence-electron chi connectivity index (χ4n) is 3.88. The van der Waals surface area contributed by atoms with Gasteiger partial charge >= 0.3 is 16.3 Å². The van der Waals surface area contributed by atoms with Crippen LogP contribution in [0.4, 0.5) is 20.7 Å². The fraction of sp³-hybridized carbons (Fsp3) is 0.217. The van der Waals surface area contributed by atoms with Crippen molar-refractivity contribution >= 4 is 45.3 Å². The van der Waals surface area contributed by atoms with Crippen LogP contribution in [0.15, 0.2) is 36.4 Å². The summed E-state index contributed by atoms with van der Waals surface area (Å²) in [5.41, 5.74) is 1.14. The summed E-state index contributed by atoms with van der Waals surface area (Å²) in [7, 11) is -4.49. The summed E-state index contributed by atoms with van der Waals surface area (Å²) in [5.74, 6) is -2.13. The Labute approximate surface area is 211 Å². The molecule has 0 radical (unpaired) electrons. The van der Waals surface area contributed by atoms with E-state index < -0.39 is 28.0 Å². The lowest BCUT2D eigenvalue weighted by Crippen LogP contribution is -2.47. The first-order valence-electron chi connectivity index (χ1n) is 10.7. The summed E-state index contributed by atoms with van der Waals surface area (Å²) in [6.07, 6.45) is -1.23. The highest BCUT2D eigenvalue weighted by Crippen LogP contribution is 2.42. The number of carbonyl (C=O) groups excluding carboxylic acids is 1. The number of pyridine rings is 2. The molecule has 188 valence electrons. The molecule has 0 atom stereocenters. The molecular weight excluding hydrogens is 513 g/mol. The number of carbonyl (C=O) groups is 2. The number of fused-ring (bicyclic) bond motifs is 1. The van der Waals surface area contributed by atoms with E-state index in [1.54, 1.807) is 26.8 Å². The van der Waals surface area contributed by atoms with Gasteiger partial charge in [0.2, 0.25) is 0 Å². The van der Waals surface area contributed by atoms with Crippen LogP contribution in [0.2, 0.25) is 5.02 Å². The molecule has 36 heavy (non-hydrogen) atoms. The number of carboxylic acid groups (broad SMARTS) is 1. The highest BCUT2D eigenvalue weighted by atomic mass is 35.5. The summed E-state index contributed by atoms with van der Waals surface area (Å²) < 4.78 is 44.0. The van der Waals surface area contributed by atoms with Gasteiger partial charge in [0, 0.05) is 5.56 Å². The second-order valence-corrected chi connectivity index (χ2v) is 10.3. The first-order valence-corrected chi connectivity index (χ1v) is 12.5. The molecule has 3 heterocycles. The Bertz CT molecular complexity index is 1510. The first kappa shape index (κ1) is 25.3. The van der Waals surface area contributed by atoms with E-state index in [1.807, 2.05) is 4.72 Å². The molecular formula is C23H21ClFN5O5S. The quantitative estimate of drug-likeness (QED) is 0.445. The number of hydrogen-bond acceptors (Lipinski definition) is 6. The van der Waals surface area contributed by atoms with Gasteiger partial charge in [-0.25, -0.2) is 23.2 Å². The maximum Gasteiger partial charge on any atom is 0.404 e. The average Bonchev–Trinajstić information content (AvgIpc) is 2.78. The molecule has 13 heteroatoms. The van der Waals surface area contributed by atoms with Gasteiger partial charge < -0.3 is 10.4 Å². The second kappa shape index (κ2) is 9.36. The van der Waals surface area contributed by atoms with E-state index in [0.717, 1.165) is 4.31 Å². The molecule has 0 saturated carbocycles. The number of anilines is 2. The molecule has 0 bridgehead atoms. The zero-order chi connectivity index (χ0) is 26.4. The minimum atomic E-state index is -4.49. The topological polar surface area (TPSA) is 142 Å². The summed E-state index contributed by atoms with van der Waals surface area (Å²) in [5, 5.41) is 11.1. The second-order valence-electron chi connectivity index (χ2n) is 8.35. The smallest absolute Gasteiger partial charge is 0.404 e. The Morgan fingerprint density at radius 3 is 2.56 bits per heavy atom. The molecule has 4 rings (SSSR count). The minimum Gasteiger partial charge on any atom is -0.465 e. The van der Waals surface area contributed by atoms with E-state index in [1.165, 1.54) is 30.3 Å². The van der Waals surface area contributed by atoms with E-state index in [9.17, 15) is 22.4 Å². The van der Waals surface area contributed by atoms with Gasteiger partial charge in [0.05, 0.1) is 39.9 Å². The highest BCUT2D eigenvalue weighted by molar-refractivity contribution is 7.92. The van der Waals surface area contributed by atoms with Crippen LogP contribution in [0.3, 0.4) is 0 Å². The zero-order valence-corrected chi connectivity index (χ0v) is 20.9. The van der Waals surface area contributed by atoms with Crippen molar-refractivity contribution in [1.82, 2.24) is 20.0 Å².